The van der Waals surface area contributed by atoms with Crippen LogP contribution in [0.3, 0.4) is 0 Å². The summed E-state index contributed by atoms with van der Waals surface area (Å²) in [6.45, 7) is 2.37. The number of ether oxygens (including phenoxy) is 1. The van der Waals surface area contributed by atoms with Crippen LogP contribution in [-0.4, -0.2) is 48.5 Å². The lowest BCUT2D eigenvalue weighted by Gasteiger charge is -2.27. The average molecular weight is 421 g/mol. The zero-order valence-electron chi connectivity index (χ0n) is 11.9. The van der Waals surface area contributed by atoms with Crippen LogP contribution in [0.2, 0.25) is 0 Å². The van der Waals surface area contributed by atoms with Crippen LogP contribution in [0.5, 0.6) is 0 Å². The Bertz CT molecular complexity index is 505. The zero-order valence-corrected chi connectivity index (χ0v) is 15.1. The number of carbonyl (C=O) groups is 1. The third-order valence-electron chi connectivity index (χ3n) is 3.11. The predicted octanol–water partition coefficient (Wildman–Crippen LogP) is 1.95. The molecule has 5 nitrogen and oxygen atoms in total. The molecule has 0 aliphatic carbocycles. The Labute approximate surface area is 146 Å². The molecule has 2 rings (SSSR count). The van der Waals surface area contributed by atoms with E-state index in [1.807, 2.05) is 23.9 Å². The first-order chi connectivity index (χ1) is 9.70. The lowest BCUT2D eigenvalue weighted by Crippen LogP contribution is -2.42. The van der Waals surface area contributed by atoms with E-state index in [1.54, 1.807) is 12.1 Å². The van der Waals surface area contributed by atoms with Gasteiger partial charge in [-0.1, -0.05) is 12.1 Å². The van der Waals surface area contributed by atoms with Crippen molar-refractivity contribution in [2.45, 2.75) is 6.54 Å². The van der Waals surface area contributed by atoms with Crippen LogP contribution in [0, 0.1) is 0 Å². The molecule has 0 spiro atoms. The van der Waals surface area contributed by atoms with E-state index in [9.17, 15) is 4.79 Å². The molecule has 0 unspecified atom stereocenters. The van der Waals surface area contributed by atoms with Gasteiger partial charge in [0.1, 0.15) is 0 Å². The highest BCUT2D eigenvalue weighted by molar-refractivity contribution is 14.0. The van der Waals surface area contributed by atoms with Crippen molar-refractivity contribution in [3.05, 3.63) is 35.4 Å². The number of aliphatic imine (C=N–C) groups is 1. The SMILES string of the molecule is COC(=O)c1cccc(CN=C(N)N2CCSCC2)c1.I. The van der Waals surface area contributed by atoms with E-state index in [2.05, 4.69) is 9.89 Å². The molecule has 1 aromatic carbocycles. The van der Waals surface area contributed by atoms with Gasteiger partial charge in [-0.15, -0.1) is 24.0 Å². The summed E-state index contributed by atoms with van der Waals surface area (Å²) in [5, 5.41) is 0. The highest BCUT2D eigenvalue weighted by atomic mass is 127. The third kappa shape index (κ3) is 5.39. The predicted molar refractivity (Wildman–Crippen MR) is 97.4 cm³/mol. The maximum atomic E-state index is 11.5. The Kier molecular flexibility index (Phi) is 7.87. The summed E-state index contributed by atoms with van der Waals surface area (Å²) >= 11 is 1.93. The van der Waals surface area contributed by atoms with Crippen molar-refractivity contribution in [3.8, 4) is 0 Å². The second kappa shape index (κ2) is 9.14. The average Bonchev–Trinajstić information content (AvgIpc) is 2.53. The molecule has 1 saturated heterocycles. The second-order valence-corrected chi connectivity index (χ2v) is 5.69. The second-order valence-electron chi connectivity index (χ2n) is 4.47. The van der Waals surface area contributed by atoms with Gasteiger partial charge in [-0.2, -0.15) is 11.8 Å². The number of carbonyl (C=O) groups excluding carboxylic acids is 1. The number of esters is 1. The highest BCUT2D eigenvalue weighted by Crippen LogP contribution is 2.10. The van der Waals surface area contributed by atoms with E-state index in [4.69, 9.17) is 10.5 Å². The Balaban J connectivity index is 0.00000220. The van der Waals surface area contributed by atoms with E-state index >= 15 is 0 Å². The fourth-order valence-electron chi connectivity index (χ4n) is 1.98. The number of nitrogens with zero attached hydrogens (tertiary/aromatic N) is 2. The van der Waals surface area contributed by atoms with Crippen LogP contribution >= 0.6 is 35.7 Å². The molecule has 1 heterocycles. The minimum atomic E-state index is -0.336. The van der Waals surface area contributed by atoms with Crippen molar-refractivity contribution in [3.63, 3.8) is 0 Å². The highest BCUT2D eigenvalue weighted by Gasteiger charge is 2.12. The van der Waals surface area contributed by atoms with Crippen molar-refractivity contribution in [1.29, 1.82) is 0 Å². The van der Waals surface area contributed by atoms with Gasteiger partial charge < -0.3 is 15.4 Å². The van der Waals surface area contributed by atoms with Gasteiger partial charge in [0, 0.05) is 24.6 Å². The zero-order chi connectivity index (χ0) is 14.4. The van der Waals surface area contributed by atoms with Gasteiger partial charge in [-0.05, 0) is 17.7 Å². The Hall–Kier alpha value is -0.960. The molecule has 1 aliphatic heterocycles. The number of benzene rings is 1. The largest absolute Gasteiger partial charge is 0.465 e. The maximum Gasteiger partial charge on any atom is 0.337 e. The van der Waals surface area contributed by atoms with Crippen LogP contribution in [-0.2, 0) is 11.3 Å². The fraction of sp³-hybridized carbons (Fsp3) is 0.429. The van der Waals surface area contributed by atoms with Crippen LogP contribution in [0.1, 0.15) is 15.9 Å². The molecule has 1 aliphatic rings. The number of rotatable bonds is 3. The number of hydrogen-bond acceptors (Lipinski definition) is 4. The number of halogens is 1. The summed E-state index contributed by atoms with van der Waals surface area (Å²) in [5.74, 6) is 2.42. The summed E-state index contributed by atoms with van der Waals surface area (Å²) in [6.07, 6.45) is 0. The number of guanidine groups is 1. The molecule has 0 bridgehead atoms. The molecular weight excluding hydrogens is 401 g/mol. The number of methoxy groups -OCH3 is 1. The van der Waals surface area contributed by atoms with Gasteiger partial charge in [0.05, 0.1) is 19.2 Å². The molecular formula is C14H20IN3O2S. The van der Waals surface area contributed by atoms with Crippen molar-refractivity contribution in [2.75, 3.05) is 31.7 Å². The topological polar surface area (TPSA) is 67.9 Å². The van der Waals surface area contributed by atoms with E-state index in [-0.39, 0.29) is 29.9 Å². The van der Waals surface area contributed by atoms with E-state index < -0.39 is 0 Å². The molecule has 2 N–H and O–H groups in total. The lowest BCUT2D eigenvalue weighted by molar-refractivity contribution is 0.0600. The molecule has 1 aromatic rings. The van der Waals surface area contributed by atoms with Crippen molar-refractivity contribution >= 4 is 47.7 Å². The lowest BCUT2D eigenvalue weighted by atomic mass is 10.1. The smallest absolute Gasteiger partial charge is 0.337 e. The standard InChI is InChI=1S/C14H19N3O2S.HI/c1-19-13(18)12-4-2-3-11(9-12)10-16-14(15)17-5-7-20-8-6-17;/h2-4,9H,5-8,10H2,1H3,(H2,15,16);1H. The summed E-state index contributed by atoms with van der Waals surface area (Å²) in [7, 11) is 1.37. The summed E-state index contributed by atoms with van der Waals surface area (Å²) < 4.78 is 4.70. The minimum absolute atomic E-state index is 0. The van der Waals surface area contributed by atoms with Crippen molar-refractivity contribution in [2.24, 2.45) is 10.7 Å². The van der Waals surface area contributed by atoms with Gasteiger partial charge in [0.2, 0.25) is 0 Å². The first-order valence-corrected chi connectivity index (χ1v) is 7.66. The molecule has 0 saturated carbocycles. The molecule has 0 atom stereocenters. The number of thioether (sulfide) groups is 1. The molecule has 7 heteroatoms. The molecule has 0 aromatic heterocycles. The van der Waals surface area contributed by atoms with E-state index in [0.29, 0.717) is 18.1 Å². The summed E-state index contributed by atoms with van der Waals surface area (Å²) in [4.78, 5) is 18.0. The molecule has 1 fully saturated rings. The Morgan fingerprint density at radius 3 is 2.81 bits per heavy atom. The molecule has 0 radical (unpaired) electrons. The van der Waals surface area contributed by atoms with Gasteiger partial charge in [0.15, 0.2) is 5.96 Å². The van der Waals surface area contributed by atoms with Gasteiger partial charge in [-0.25, -0.2) is 9.79 Å². The maximum absolute atomic E-state index is 11.5. The van der Waals surface area contributed by atoms with Crippen LogP contribution in [0.25, 0.3) is 0 Å². The van der Waals surface area contributed by atoms with Gasteiger partial charge in [-0.3, -0.25) is 0 Å². The molecule has 0 amide bonds. The van der Waals surface area contributed by atoms with E-state index in [0.717, 1.165) is 30.2 Å². The van der Waals surface area contributed by atoms with Gasteiger partial charge in [0.25, 0.3) is 0 Å². The monoisotopic (exact) mass is 421 g/mol. The summed E-state index contributed by atoms with van der Waals surface area (Å²) in [5.41, 5.74) is 7.48. The van der Waals surface area contributed by atoms with Crippen molar-refractivity contribution in [1.82, 2.24) is 4.90 Å². The van der Waals surface area contributed by atoms with Crippen molar-refractivity contribution < 1.29 is 9.53 Å². The molecule has 116 valence electrons. The third-order valence-corrected chi connectivity index (χ3v) is 4.05. The number of nitrogens with two attached hydrogens (primary N) is 1. The first-order valence-electron chi connectivity index (χ1n) is 6.50. The fourth-order valence-corrected chi connectivity index (χ4v) is 2.88. The quantitative estimate of drug-likeness (QED) is 0.350. The molecule has 21 heavy (non-hydrogen) atoms. The van der Waals surface area contributed by atoms with E-state index in [1.165, 1.54) is 7.11 Å². The number of hydrogen-bond donors (Lipinski definition) is 1. The summed E-state index contributed by atoms with van der Waals surface area (Å²) in [6, 6.07) is 7.26. The minimum Gasteiger partial charge on any atom is -0.465 e. The first kappa shape index (κ1) is 18.1. The van der Waals surface area contributed by atoms with Crippen LogP contribution < -0.4 is 5.73 Å². The van der Waals surface area contributed by atoms with Gasteiger partial charge >= 0.3 is 5.97 Å². The Morgan fingerprint density at radius 1 is 1.43 bits per heavy atom. The van der Waals surface area contributed by atoms with Crippen LogP contribution in [0.4, 0.5) is 0 Å². The normalized spacial score (nSPS) is 15.3. The Morgan fingerprint density at radius 2 is 2.14 bits per heavy atom. The van der Waals surface area contributed by atoms with Crippen LogP contribution in [0.15, 0.2) is 29.3 Å².